The molecule has 0 unspecified atom stereocenters. The normalized spacial score (nSPS) is 9.15. The van der Waals surface area contributed by atoms with E-state index in [-0.39, 0.29) is 5.82 Å². The first-order valence-corrected chi connectivity index (χ1v) is 5.21. The molecular weight excluding hydrogens is 251 g/mol. The maximum atomic E-state index is 13.1. The highest BCUT2D eigenvalue weighted by molar-refractivity contribution is 9.10. The van der Waals surface area contributed by atoms with Crippen molar-refractivity contribution in [3.8, 4) is 11.8 Å². The Labute approximate surface area is 91.1 Å². The van der Waals surface area contributed by atoms with Gasteiger partial charge in [0.2, 0.25) is 0 Å². The smallest absolute Gasteiger partial charge is 0.139 e. The molecule has 0 aliphatic rings. The summed E-state index contributed by atoms with van der Waals surface area (Å²) in [5, 5.41) is 0. The van der Waals surface area contributed by atoms with Gasteiger partial charge in [-0.15, -0.1) is 0 Å². The van der Waals surface area contributed by atoms with Crippen LogP contribution in [0.3, 0.4) is 0 Å². The van der Waals surface area contributed by atoms with Crippen LogP contribution >= 0.6 is 28.6 Å². The number of hydrogen-bond donors (Lipinski definition) is 1. The highest BCUT2D eigenvalue weighted by Crippen LogP contribution is 2.14. The van der Waals surface area contributed by atoms with Crippen LogP contribution in [0.25, 0.3) is 0 Å². The summed E-state index contributed by atoms with van der Waals surface area (Å²) in [6.45, 7) is 0. The molecule has 13 heavy (non-hydrogen) atoms. The van der Waals surface area contributed by atoms with Gasteiger partial charge in [0, 0.05) is 16.6 Å². The van der Waals surface area contributed by atoms with Gasteiger partial charge in [-0.1, -0.05) is 27.8 Å². The molecule has 1 aromatic carbocycles. The van der Waals surface area contributed by atoms with Crippen molar-refractivity contribution < 1.29 is 4.39 Å². The van der Waals surface area contributed by atoms with Crippen molar-refractivity contribution >= 4 is 28.6 Å². The van der Waals surface area contributed by atoms with Gasteiger partial charge in [0.05, 0.1) is 5.56 Å². The average Bonchev–Trinajstić information content (AvgIpc) is 2.09. The van der Waals surface area contributed by atoms with Gasteiger partial charge in [-0.05, 0) is 18.2 Å². The molecule has 0 saturated heterocycles. The van der Waals surface area contributed by atoms with E-state index < -0.39 is 0 Å². The lowest BCUT2D eigenvalue weighted by Gasteiger charge is -1.94. The number of thiol groups is 1. The van der Waals surface area contributed by atoms with E-state index in [0.29, 0.717) is 17.7 Å². The minimum Gasteiger partial charge on any atom is -0.206 e. The summed E-state index contributed by atoms with van der Waals surface area (Å²) in [5.41, 5.74) is 0.435. The summed E-state index contributed by atoms with van der Waals surface area (Å²) in [4.78, 5) is 0. The Morgan fingerprint density at radius 3 is 2.85 bits per heavy atom. The fourth-order valence-electron chi connectivity index (χ4n) is 0.804. The van der Waals surface area contributed by atoms with Crippen LogP contribution in [-0.2, 0) is 0 Å². The molecule has 0 aliphatic heterocycles. The zero-order valence-corrected chi connectivity index (χ0v) is 9.33. The predicted molar refractivity (Wildman–Crippen MR) is 59.4 cm³/mol. The van der Waals surface area contributed by atoms with E-state index >= 15 is 0 Å². The van der Waals surface area contributed by atoms with Crippen molar-refractivity contribution in [3.63, 3.8) is 0 Å². The van der Waals surface area contributed by atoms with Crippen LogP contribution in [0.1, 0.15) is 12.0 Å². The molecule has 0 aliphatic carbocycles. The Kier molecular flexibility index (Phi) is 4.34. The Hall–Kier alpha value is -0.460. The minimum atomic E-state index is -0.291. The Morgan fingerprint density at radius 2 is 2.23 bits per heavy atom. The van der Waals surface area contributed by atoms with E-state index in [4.69, 9.17) is 0 Å². The average molecular weight is 259 g/mol. The van der Waals surface area contributed by atoms with Gasteiger partial charge < -0.3 is 0 Å². The van der Waals surface area contributed by atoms with Gasteiger partial charge in [-0.2, -0.15) is 12.6 Å². The standard InChI is InChI=1S/C10H8BrFS/c11-9-5-4-8(10(12)7-9)3-1-2-6-13/h4-5,7,13H,2,6H2. The zero-order chi connectivity index (χ0) is 9.68. The number of rotatable bonds is 1. The monoisotopic (exact) mass is 258 g/mol. The third-order valence-electron chi connectivity index (χ3n) is 1.39. The van der Waals surface area contributed by atoms with Crippen LogP contribution in [0.5, 0.6) is 0 Å². The van der Waals surface area contributed by atoms with E-state index in [2.05, 4.69) is 40.4 Å². The molecular formula is C10H8BrFS. The Balaban J connectivity index is 2.85. The number of benzene rings is 1. The molecule has 0 fully saturated rings. The summed E-state index contributed by atoms with van der Waals surface area (Å²) in [7, 11) is 0. The van der Waals surface area contributed by atoms with Crippen molar-refractivity contribution in [2.75, 3.05) is 5.75 Å². The van der Waals surface area contributed by atoms with E-state index in [1.54, 1.807) is 12.1 Å². The summed E-state index contributed by atoms with van der Waals surface area (Å²) >= 11 is 7.18. The van der Waals surface area contributed by atoms with E-state index in [9.17, 15) is 4.39 Å². The molecule has 0 radical (unpaired) electrons. The molecule has 0 spiro atoms. The first-order chi connectivity index (χ1) is 6.24. The maximum absolute atomic E-state index is 13.1. The largest absolute Gasteiger partial charge is 0.206 e. The molecule has 0 aromatic heterocycles. The van der Waals surface area contributed by atoms with Gasteiger partial charge in [0.25, 0.3) is 0 Å². The molecule has 1 aromatic rings. The predicted octanol–water partition coefficient (Wildman–Crippen LogP) is 3.26. The second-order valence-electron chi connectivity index (χ2n) is 2.40. The van der Waals surface area contributed by atoms with E-state index in [1.165, 1.54) is 6.07 Å². The van der Waals surface area contributed by atoms with Crippen LogP contribution in [0.4, 0.5) is 4.39 Å². The molecule has 0 N–H and O–H groups in total. The summed E-state index contributed by atoms with van der Waals surface area (Å²) in [5.74, 6) is 5.99. The van der Waals surface area contributed by atoms with Crippen molar-refractivity contribution in [1.82, 2.24) is 0 Å². The lowest BCUT2D eigenvalue weighted by Crippen LogP contribution is -1.82. The molecule has 0 heterocycles. The minimum absolute atomic E-state index is 0.291. The fourth-order valence-corrected chi connectivity index (χ4v) is 1.25. The van der Waals surface area contributed by atoms with Crippen molar-refractivity contribution in [1.29, 1.82) is 0 Å². The van der Waals surface area contributed by atoms with Gasteiger partial charge >= 0.3 is 0 Å². The van der Waals surface area contributed by atoms with Gasteiger partial charge in [0.15, 0.2) is 0 Å². The Bertz CT molecular complexity index is 352. The van der Waals surface area contributed by atoms with Crippen LogP contribution < -0.4 is 0 Å². The summed E-state index contributed by atoms with van der Waals surface area (Å²) in [6, 6.07) is 4.84. The van der Waals surface area contributed by atoms with Gasteiger partial charge in [0.1, 0.15) is 5.82 Å². The quantitative estimate of drug-likeness (QED) is 0.580. The number of hydrogen-bond acceptors (Lipinski definition) is 1. The fraction of sp³-hybridized carbons (Fsp3) is 0.200. The molecule has 0 amide bonds. The lowest BCUT2D eigenvalue weighted by atomic mass is 10.2. The van der Waals surface area contributed by atoms with Crippen LogP contribution in [-0.4, -0.2) is 5.75 Å². The van der Waals surface area contributed by atoms with E-state index in [0.717, 1.165) is 4.47 Å². The van der Waals surface area contributed by atoms with Crippen molar-refractivity contribution in [3.05, 3.63) is 34.1 Å². The van der Waals surface area contributed by atoms with Crippen LogP contribution in [0, 0.1) is 17.7 Å². The van der Waals surface area contributed by atoms with E-state index in [1.807, 2.05) is 0 Å². The second kappa shape index (κ2) is 5.31. The van der Waals surface area contributed by atoms with Crippen LogP contribution in [0.15, 0.2) is 22.7 Å². The van der Waals surface area contributed by atoms with Crippen LogP contribution in [0.2, 0.25) is 0 Å². The molecule has 1 rings (SSSR count). The Morgan fingerprint density at radius 1 is 1.46 bits per heavy atom. The molecule has 68 valence electrons. The summed E-state index contributed by atoms with van der Waals surface area (Å²) < 4.78 is 13.9. The zero-order valence-electron chi connectivity index (χ0n) is 6.85. The maximum Gasteiger partial charge on any atom is 0.139 e. The highest BCUT2D eigenvalue weighted by atomic mass is 79.9. The third-order valence-corrected chi connectivity index (χ3v) is 2.11. The SMILES string of the molecule is Fc1cc(Br)ccc1C#CCCS. The first-order valence-electron chi connectivity index (χ1n) is 3.79. The molecule has 0 nitrogen and oxygen atoms in total. The van der Waals surface area contributed by atoms with Gasteiger partial charge in [-0.25, -0.2) is 4.39 Å². The lowest BCUT2D eigenvalue weighted by molar-refractivity contribution is 0.623. The van der Waals surface area contributed by atoms with Crippen molar-refractivity contribution in [2.24, 2.45) is 0 Å². The topological polar surface area (TPSA) is 0 Å². The van der Waals surface area contributed by atoms with Crippen molar-refractivity contribution in [2.45, 2.75) is 6.42 Å². The molecule has 0 atom stereocenters. The molecule has 0 saturated carbocycles. The molecule has 3 heteroatoms. The third kappa shape index (κ3) is 3.41. The highest BCUT2D eigenvalue weighted by Gasteiger charge is 1.97. The summed E-state index contributed by atoms with van der Waals surface area (Å²) in [6.07, 6.45) is 0.679. The second-order valence-corrected chi connectivity index (χ2v) is 3.76. The first kappa shape index (κ1) is 10.6. The van der Waals surface area contributed by atoms with Gasteiger partial charge in [-0.3, -0.25) is 0 Å². The number of halogens is 2. The molecule has 0 bridgehead atoms.